The summed E-state index contributed by atoms with van der Waals surface area (Å²) in [7, 11) is 2.93. The first kappa shape index (κ1) is 37.1. The Kier molecular flexibility index (Phi) is 10.3. The molecule has 0 N–H and O–H groups in total. The maximum atomic E-state index is 14.2. The van der Waals surface area contributed by atoms with Crippen LogP contribution in [0.1, 0.15) is 100 Å². The lowest BCUT2D eigenvalue weighted by Crippen LogP contribution is -2.59. The standard InChI is InChI=1S/C38H49F2N3O7/c1-23-18-31(47-8)29(28-15-17-42(32(23)28)34(45)49-36(2,3)4)22-41-16-14-26(19-30(41)24-10-12-25(13-11-24)33(44)48-9)43(27-20-38(39,40)21-27)35(46)50-37(5,6)7/h10-13,15,17-18,26-27,30H,14,16,19-22H2,1-9H3/t26-,30-/m0/s1. The third-order valence-electron chi connectivity index (χ3n) is 9.26. The van der Waals surface area contributed by atoms with E-state index in [1.165, 1.54) is 11.7 Å². The number of piperidine rings is 1. The van der Waals surface area contributed by atoms with E-state index >= 15 is 0 Å². The number of likely N-dealkylation sites (tertiary alicyclic amines) is 1. The number of nitrogens with zero attached hydrogens (tertiary/aromatic N) is 3. The van der Waals surface area contributed by atoms with Crippen molar-refractivity contribution in [3.8, 4) is 5.75 Å². The Morgan fingerprint density at radius 2 is 1.58 bits per heavy atom. The van der Waals surface area contributed by atoms with E-state index in [2.05, 4.69) is 4.90 Å². The van der Waals surface area contributed by atoms with Crippen LogP contribution in [0, 0.1) is 6.92 Å². The van der Waals surface area contributed by atoms with Gasteiger partial charge in [0.25, 0.3) is 5.92 Å². The van der Waals surface area contributed by atoms with Crippen LogP contribution in [-0.2, 0) is 20.8 Å². The Hall–Kier alpha value is -4.19. The molecule has 2 aromatic carbocycles. The van der Waals surface area contributed by atoms with Gasteiger partial charge in [-0.15, -0.1) is 0 Å². The molecule has 272 valence electrons. The van der Waals surface area contributed by atoms with E-state index in [1.54, 1.807) is 51.1 Å². The number of methoxy groups -OCH3 is 2. The number of rotatable bonds is 7. The van der Waals surface area contributed by atoms with Crippen LogP contribution in [-0.4, -0.2) is 82.5 Å². The van der Waals surface area contributed by atoms with Crippen LogP contribution in [0.4, 0.5) is 18.4 Å². The molecule has 2 atom stereocenters. The van der Waals surface area contributed by atoms with Gasteiger partial charge in [-0.1, -0.05) is 12.1 Å². The van der Waals surface area contributed by atoms with Crippen LogP contribution in [0.5, 0.6) is 5.75 Å². The van der Waals surface area contributed by atoms with Crippen molar-refractivity contribution in [1.29, 1.82) is 0 Å². The highest BCUT2D eigenvalue weighted by atomic mass is 19.3. The molecule has 3 aromatic rings. The Bertz CT molecular complexity index is 1730. The van der Waals surface area contributed by atoms with Crippen LogP contribution in [0.15, 0.2) is 42.6 Å². The summed E-state index contributed by atoms with van der Waals surface area (Å²) in [4.78, 5) is 42.9. The number of amides is 1. The minimum Gasteiger partial charge on any atom is -0.496 e. The van der Waals surface area contributed by atoms with Gasteiger partial charge in [0.1, 0.15) is 17.0 Å². The van der Waals surface area contributed by atoms with Crippen molar-refractivity contribution in [2.45, 2.75) is 116 Å². The van der Waals surface area contributed by atoms with Gasteiger partial charge in [-0.3, -0.25) is 9.47 Å². The molecule has 0 spiro atoms. The molecule has 1 aliphatic carbocycles. The number of aryl methyl sites for hydroxylation is 1. The topological polar surface area (TPSA) is 99.5 Å². The van der Waals surface area contributed by atoms with Crippen LogP contribution >= 0.6 is 0 Å². The first-order valence-corrected chi connectivity index (χ1v) is 17.0. The number of carbonyl (C=O) groups excluding carboxylic acids is 3. The van der Waals surface area contributed by atoms with Gasteiger partial charge < -0.3 is 23.8 Å². The van der Waals surface area contributed by atoms with Gasteiger partial charge in [-0.25, -0.2) is 23.2 Å². The third-order valence-corrected chi connectivity index (χ3v) is 9.26. The number of aromatic nitrogens is 1. The van der Waals surface area contributed by atoms with Crippen molar-refractivity contribution in [1.82, 2.24) is 14.4 Å². The minimum atomic E-state index is -2.82. The number of hydrogen-bond donors (Lipinski definition) is 0. The van der Waals surface area contributed by atoms with Gasteiger partial charge in [-0.05, 0) is 96.7 Å². The second-order valence-electron chi connectivity index (χ2n) is 15.4. The summed E-state index contributed by atoms with van der Waals surface area (Å²) in [5.41, 5.74) is 2.23. The first-order valence-electron chi connectivity index (χ1n) is 17.0. The summed E-state index contributed by atoms with van der Waals surface area (Å²) in [6.45, 7) is 13.6. The molecule has 0 bridgehead atoms. The molecule has 1 aliphatic heterocycles. The minimum absolute atomic E-state index is 0.278. The van der Waals surface area contributed by atoms with E-state index < -0.39 is 54.2 Å². The SMILES string of the molecule is COC(=O)c1ccc([C@@H]2C[C@@H](N(C(=O)OC(C)(C)C)C3CC(F)(F)C3)CCN2Cc2c(OC)cc(C)c3c2ccn3C(=O)OC(C)(C)C)cc1. The number of fused-ring (bicyclic) bond motifs is 1. The number of benzene rings is 2. The number of esters is 1. The lowest BCUT2D eigenvalue weighted by Gasteiger charge is -2.50. The van der Waals surface area contributed by atoms with E-state index in [9.17, 15) is 23.2 Å². The molecule has 12 heteroatoms. The van der Waals surface area contributed by atoms with Gasteiger partial charge >= 0.3 is 18.2 Å². The van der Waals surface area contributed by atoms with Gasteiger partial charge in [0.05, 0.1) is 25.3 Å². The lowest BCUT2D eigenvalue weighted by molar-refractivity contribution is -0.133. The van der Waals surface area contributed by atoms with E-state index in [4.69, 9.17) is 18.9 Å². The fraction of sp³-hybridized carbons (Fsp3) is 0.553. The predicted octanol–water partition coefficient (Wildman–Crippen LogP) is 8.27. The van der Waals surface area contributed by atoms with Crippen molar-refractivity contribution < 1.29 is 42.1 Å². The highest BCUT2D eigenvalue weighted by molar-refractivity contribution is 5.95. The quantitative estimate of drug-likeness (QED) is 0.180. The zero-order chi connectivity index (χ0) is 36.8. The van der Waals surface area contributed by atoms with Gasteiger partial charge in [0.15, 0.2) is 0 Å². The third kappa shape index (κ3) is 8.06. The van der Waals surface area contributed by atoms with E-state index in [0.29, 0.717) is 42.8 Å². The maximum Gasteiger partial charge on any atom is 0.419 e. The molecule has 5 rings (SSSR count). The normalized spacial score (nSPS) is 19.8. The molecule has 1 aromatic heterocycles. The Labute approximate surface area is 292 Å². The Balaban J connectivity index is 1.54. The second kappa shape index (κ2) is 13.8. The molecule has 0 unspecified atom stereocenters. The fourth-order valence-electron chi connectivity index (χ4n) is 7.06. The zero-order valence-corrected chi connectivity index (χ0v) is 30.5. The van der Waals surface area contributed by atoms with Crippen molar-refractivity contribution in [2.75, 3.05) is 20.8 Å². The summed E-state index contributed by atoms with van der Waals surface area (Å²) < 4.78 is 52.1. The smallest absolute Gasteiger partial charge is 0.419 e. The average Bonchev–Trinajstić information content (AvgIpc) is 3.46. The summed E-state index contributed by atoms with van der Waals surface area (Å²) in [5, 5.41) is 0.835. The van der Waals surface area contributed by atoms with Crippen LogP contribution < -0.4 is 4.74 Å². The molecular weight excluding hydrogens is 648 g/mol. The highest BCUT2D eigenvalue weighted by Gasteiger charge is 2.52. The van der Waals surface area contributed by atoms with Gasteiger partial charge in [0.2, 0.25) is 0 Å². The van der Waals surface area contributed by atoms with Gasteiger partial charge in [-0.2, -0.15) is 0 Å². The molecule has 50 heavy (non-hydrogen) atoms. The number of hydrogen-bond acceptors (Lipinski definition) is 8. The van der Waals surface area contributed by atoms with Crippen molar-refractivity contribution in [2.24, 2.45) is 0 Å². The summed E-state index contributed by atoms with van der Waals surface area (Å²) in [6, 6.07) is 9.64. The summed E-state index contributed by atoms with van der Waals surface area (Å²) >= 11 is 0. The fourth-order valence-corrected chi connectivity index (χ4v) is 7.06. The zero-order valence-electron chi connectivity index (χ0n) is 30.5. The molecule has 1 saturated heterocycles. The number of halogens is 2. The largest absolute Gasteiger partial charge is 0.496 e. The molecule has 2 heterocycles. The molecule has 1 amide bonds. The van der Waals surface area contributed by atoms with Gasteiger partial charge in [0, 0.05) is 61.2 Å². The lowest BCUT2D eigenvalue weighted by atomic mass is 9.83. The predicted molar refractivity (Wildman–Crippen MR) is 185 cm³/mol. The first-order chi connectivity index (χ1) is 23.3. The Morgan fingerprint density at radius 1 is 0.940 bits per heavy atom. The van der Waals surface area contributed by atoms with Crippen LogP contribution in [0.2, 0.25) is 0 Å². The van der Waals surface area contributed by atoms with E-state index in [-0.39, 0.29) is 12.1 Å². The second-order valence-corrected chi connectivity index (χ2v) is 15.4. The van der Waals surface area contributed by atoms with E-state index in [1.807, 2.05) is 52.0 Å². The van der Waals surface area contributed by atoms with Crippen LogP contribution in [0.25, 0.3) is 10.9 Å². The van der Waals surface area contributed by atoms with Crippen molar-refractivity contribution in [3.63, 3.8) is 0 Å². The molecule has 10 nitrogen and oxygen atoms in total. The van der Waals surface area contributed by atoms with Crippen molar-refractivity contribution in [3.05, 3.63) is 64.8 Å². The highest BCUT2D eigenvalue weighted by Crippen LogP contribution is 2.45. The molecule has 1 saturated carbocycles. The Morgan fingerprint density at radius 3 is 2.14 bits per heavy atom. The molecule has 2 aliphatic rings. The van der Waals surface area contributed by atoms with E-state index in [0.717, 1.165) is 22.1 Å². The molecular formula is C38H49F2N3O7. The molecule has 0 radical (unpaired) electrons. The monoisotopic (exact) mass is 697 g/mol. The number of carbonyl (C=O) groups is 3. The maximum absolute atomic E-state index is 14.2. The van der Waals surface area contributed by atoms with Crippen molar-refractivity contribution >= 4 is 29.1 Å². The van der Waals surface area contributed by atoms with Crippen LogP contribution in [0.3, 0.4) is 0 Å². The number of alkyl halides is 2. The summed E-state index contributed by atoms with van der Waals surface area (Å²) in [5.74, 6) is -2.62. The molecule has 2 fully saturated rings. The average molecular weight is 698 g/mol. The summed E-state index contributed by atoms with van der Waals surface area (Å²) in [6.07, 6.45) is 0.776. The number of ether oxygens (including phenoxy) is 4.